The third-order valence-electron chi connectivity index (χ3n) is 6.73. The van der Waals surface area contributed by atoms with Gasteiger partial charge in [0.25, 0.3) is 0 Å². The number of carboxylic acid groups (broad SMARTS) is 2. The van der Waals surface area contributed by atoms with E-state index in [-0.39, 0.29) is 31.7 Å². The maximum absolute atomic E-state index is 11.9. The van der Waals surface area contributed by atoms with Crippen molar-refractivity contribution in [1.82, 2.24) is 0 Å². The van der Waals surface area contributed by atoms with Crippen molar-refractivity contribution in [2.45, 2.75) is 155 Å². The Morgan fingerprint density at radius 1 is 0.469 bits per heavy atom. The van der Waals surface area contributed by atoms with Gasteiger partial charge in [-0.05, 0) is 12.8 Å². The van der Waals surface area contributed by atoms with E-state index in [1.54, 1.807) is 0 Å². The van der Waals surface area contributed by atoms with Crippen LogP contribution in [0.25, 0.3) is 0 Å². The molecular weight excluding hydrogens is 395 g/mol. The van der Waals surface area contributed by atoms with Crippen LogP contribution in [0.15, 0.2) is 0 Å². The molecule has 32 heavy (non-hydrogen) atoms. The fourth-order valence-electron chi connectivity index (χ4n) is 4.47. The summed E-state index contributed by atoms with van der Waals surface area (Å²) >= 11 is 0. The number of aliphatic carboxylic acids is 2. The first-order valence-corrected chi connectivity index (χ1v) is 13.5. The Morgan fingerprint density at radius 3 is 0.906 bits per heavy atom. The Hall–Kier alpha value is -0.463. The first-order valence-electron chi connectivity index (χ1n) is 13.5. The van der Waals surface area contributed by atoms with Gasteiger partial charge in [0.2, 0.25) is 0 Å². The van der Waals surface area contributed by atoms with Gasteiger partial charge in [-0.2, -0.15) is 0 Å². The summed E-state index contributed by atoms with van der Waals surface area (Å²) in [5, 5.41) is 19.4. The zero-order valence-electron chi connectivity index (χ0n) is 20.8. The number of rotatable bonds is 24. The van der Waals surface area contributed by atoms with Crippen LogP contribution >= 0.6 is 0 Å². The average molecular weight is 449 g/mol. The zero-order chi connectivity index (χ0) is 23.2. The SMILES string of the molecule is CCCCCCCCCCCCC(CCCCCCCCCCCC)(C(=O)O)C(=O)O.[LiH]. The second kappa shape index (κ2) is 23.7. The van der Waals surface area contributed by atoms with E-state index in [0.29, 0.717) is 12.8 Å². The van der Waals surface area contributed by atoms with Gasteiger partial charge in [-0.25, -0.2) is 0 Å². The van der Waals surface area contributed by atoms with Crippen LogP contribution in [0.4, 0.5) is 0 Å². The Kier molecular flexibility index (Phi) is 25.0. The molecule has 0 rings (SSSR count). The van der Waals surface area contributed by atoms with E-state index >= 15 is 0 Å². The van der Waals surface area contributed by atoms with E-state index in [9.17, 15) is 19.8 Å². The molecule has 4 nitrogen and oxygen atoms in total. The van der Waals surface area contributed by atoms with Gasteiger partial charge in [-0.3, -0.25) is 9.59 Å². The summed E-state index contributed by atoms with van der Waals surface area (Å²) in [5.41, 5.74) is -1.58. The molecule has 0 aromatic carbocycles. The van der Waals surface area contributed by atoms with E-state index in [1.165, 1.54) is 89.9 Å². The zero-order valence-corrected chi connectivity index (χ0v) is 20.8. The van der Waals surface area contributed by atoms with Crippen LogP contribution in [0.5, 0.6) is 0 Å². The molecule has 2 N–H and O–H groups in total. The predicted octanol–water partition coefficient (Wildman–Crippen LogP) is 8.12. The Bertz CT molecular complexity index is 399. The Balaban J connectivity index is 0. The fourth-order valence-corrected chi connectivity index (χ4v) is 4.47. The first kappa shape index (κ1) is 33.7. The second-order valence-corrected chi connectivity index (χ2v) is 9.56. The molecule has 0 aliphatic heterocycles. The molecule has 0 aliphatic carbocycles. The molecule has 0 spiro atoms. The van der Waals surface area contributed by atoms with Gasteiger partial charge in [0.05, 0.1) is 0 Å². The topological polar surface area (TPSA) is 74.6 Å². The van der Waals surface area contributed by atoms with Crippen molar-refractivity contribution in [3.8, 4) is 0 Å². The molecule has 0 radical (unpaired) electrons. The van der Waals surface area contributed by atoms with Crippen molar-refractivity contribution in [1.29, 1.82) is 0 Å². The first-order chi connectivity index (χ1) is 15.0. The second-order valence-electron chi connectivity index (χ2n) is 9.56. The van der Waals surface area contributed by atoms with Crippen LogP contribution in [0.3, 0.4) is 0 Å². The molecule has 0 aromatic rings. The van der Waals surface area contributed by atoms with Gasteiger partial charge in [0.15, 0.2) is 5.41 Å². The molecule has 0 amide bonds. The summed E-state index contributed by atoms with van der Waals surface area (Å²) < 4.78 is 0. The van der Waals surface area contributed by atoms with Crippen molar-refractivity contribution in [2.75, 3.05) is 0 Å². The molecule has 0 saturated carbocycles. The Labute approximate surface area is 210 Å². The average Bonchev–Trinajstić information content (AvgIpc) is 2.74. The quantitative estimate of drug-likeness (QED) is 0.0888. The molecule has 5 heteroatoms. The van der Waals surface area contributed by atoms with Crippen molar-refractivity contribution < 1.29 is 19.8 Å². The third-order valence-corrected chi connectivity index (χ3v) is 6.73. The number of hydrogen-bond donors (Lipinski definition) is 2. The summed E-state index contributed by atoms with van der Waals surface area (Å²) in [6, 6.07) is 0. The summed E-state index contributed by atoms with van der Waals surface area (Å²) in [6.45, 7) is 4.45. The van der Waals surface area contributed by atoms with Gasteiger partial charge >= 0.3 is 30.8 Å². The summed E-state index contributed by atoms with van der Waals surface area (Å²) in [6.07, 6.45) is 23.9. The molecule has 0 bridgehead atoms. The van der Waals surface area contributed by atoms with Crippen molar-refractivity contribution in [2.24, 2.45) is 5.41 Å². The fraction of sp³-hybridized carbons (Fsp3) is 0.926. The van der Waals surface area contributed by atoms with E-state index in [0.717, 1.165) is 25.7 Å². The molecule has 0 heterocycles. The van der Waals surface area contributed by atoms with Crippen molar-refractivity contribution >= 4 is 30.8 Å². The molecule has 0 aromatic heterocycles. The molecule has 0 unspecified atom stereocenters. The number of carboxylic acids is 2. The summed E-state index contributed by atoms with van der Waals surface area (Å²) in [4.78, 5) is 23.7. The molecule has 0 fully saturated rings. The summed E-state index contributed by atoms with van der Waals surface area (Å²) in [7, 11) is 0. The van der Waals surface area contributed by atoms with E-state index in [4.69, 9.17) is 0 Å². The predicted molar refractivity (Wildman–Crippen MR) is 138 cm³/mol. The minimum atomic E-state index is -1.58. The maximum atomic E-state index is 11.9. The summed E-state index contributed by atoms with van der Waals surface area (Å²) in [5.74, 6) is -2.29. The molecule has 0 saturated heterocycles. The van der Waals surface area contributed by atoms with E-state index in [1.807, 2.05) is 0 Å². The minimum absolute atomic E-state index is 0. The van der Waals surface area contributed by atoms with Crippen LogP contribution in [-0.4, -0.2) is 41.0 Å². The van der Waals surface area contributed by atoms with Gasteiger partial charge in [0.1, 0.15) is 0 Å². The normalized spacial score (nSPS) is 11.3. The monoisotopic (exact) mass is 448 g/mol. The van der Waals surface area contributed by atoms with Gasteiger partial charge < -0.3 is 10.2 Å². The molecular formula is C27H53LiO4. The number of carbonyl (C=O) groups is 2. The van der Waals surface area contributed by atoms with Crippen molar-refractivity contribution in [3.63, 3.8) is 0 Å². The molecule has 186 valence electrons. The van der Waals surface area contributed by atoms with Gasteiger partial charge in [0, 0.05) is 0 Å². The molecule has 0 atom stereocenters. The van der Waals surface area contributed by atoms with Gasteiger partial charge in [-0.15, -0.1) is 0 Å². The number of unbranched alkanes of at least 4 members (excludes halogenated alkanes) is 18. The van der Waals surface area contributed by atoms with Crippen LogP contribution in [-0.2, 0) is 9.59 Å². The van der Waals surface area contributed by atoms with Crippen LogP contribution in [0.1, 0.15) is 155 Å². The van der Waals surface area contributed by atoms with Crippen LogP contribution < -0.4 is 0 Å². The van der Waals surface area contributed by atoms with E-state index in [2.05, 4.69) is 13.8 Å². The van der Waals surface area contributed by atoms with Crippen LogP contribution in [0.2, 0.25) is 0 Å². The Morgan fingerprint density at radius 2 is 0.688 bits per heavy atom. The third kappa shape index (κ3) is 17.1. The van der Waals surface area contributed by atoms with Crippen molar-refractivity contribution in [3.05, 3.63) is 0 Å². The number of hydrogen-bond acceptors (Lipinski definition) is 2. The standard InChI is InChI=1S/C27H52O4.Li.H/c1-3-5-7-9-11-13-15-17-19-21-23-27(25(28)29,26(30)31)24-22-20-18-16-14-12-10-8-6-4-2;;/h3-24H2,1-2H3,(H,28,29)(H,30,31);;. The molecule has 0 aliphatic rings. The van der Waals surface area contributed by atoms with Gasteiger partial charge in [-0.1, -0.05) is 142 Å². The van der Waals surface area contributed by atoms with Crippen LogP contribution in [0, 0.1) is 5.41 Å². The van der Waals surface area contributed by atoms with E-state index < -0.39 is 17.4 Å².